The van der Waals surface area contributed by atoms with Crippen LogP contribution in [0.3, 0.4) is 0 Å². The van der Waals surface area contributed by atoms with Crippen molar-refractivity contribution < 1.29 is 29.6 Å². The van der Waals surface area contributed by atoms with E-state index in [9.17, 15) is 24.9 Å². The van der Waals surface area contributed by atoms with E-state index in [0.29, 0.717) is 19.5 Å². The first-order valence-electron chi connectivity index (χ1n) is 13.5. The third kappa shape index (κ3) is 8.73. The SMILES string of the molecule is CO[C@@H](C(=O)NC1CCCCN(Cc2ccc(-c3ccccc3)cc2)C1=O)[C@H](O)[C@@H](O)[C@H](O)/C=C/C(C)(C)C. The number of hydrogen-bond donors (Lipinski definition) is 4. The Balaban J connectivity index is 1.64. The van der Waals surface area contributed by atoms with Gasteiger partial charge in [0.15, 0.2) is 6.10 Å². The molecule has 8 heteroatoms. The highest BCUT2D eigenvalue weighted by Crippen LogP contribution is 2.22. The predicted molar refractivity (Wildman–Crippen MR) is 150 cm³/mol. The largest absolute Gasteiger partial charge is 0.387 e. The molecule has 8 nitrogen and oxygen atoms in total. The summed E-state index contributed by atoms with van der Waals surface area (Å²) in [5.41, 5.74) is 2.97. The average Bonchev–Trinajstić information content (AvgIpc) is 3.08. The highest BCUT2D eigenvalue weighted by molar-refractivity contribution is 5.90. The van der Waals surface area contributed by atoms with Crippen LogP contribution < -0.4 is 5.32 Å². The van der Waals surface area contributed by atoms with Gasteiger partial charge in [-0.2, -0.15) is 0 Å². The van der Waals surface area contributed by atoms with E-state index < -0.39 is 36.4 Å². The molecule has 0 spiro atoms. The van der Waals surface area contributed by atoms with E-state index in [2.05, 4.69) is 5.32 Å². The highest BCUT2D eigenvalue weighted by Gasteiger charge is 2.37. The second-order valence-electron chi connectivity index (χ2n) is 11.2. The van der Waals surface area contributed by atoms with E-state index in [4.69, 9.17) is 4.74 Å². The second-order valence-corrected chi connectivity index (χ2v) is 11.2. The minimum atomic E-state index is -1.70. The normalized spacial score (nSPS) is 19.8. The fourth-order valence-corrected chi connectivity index (χ4v) is 4.59. The lowest BCUT2D eigenvalue weighted by atomic mass is 9.94. The van der Waals surface area contributed by atoms with Crippen LogP contribution >= 0.6 is 0 Å². The molecule has 0 saturated carbocycles. The molecule has 1 saturated heterocycles. The lowest BCUT2D eigenvalue weighted by molar-refractivity contribution is -0.151. The molecule has 1 heterocycles. The Morgan fingerprint density at radius 2 is 1.67 bits per heavy atom. The van der Waals surface area contributed by atoms with Gasteiger partial charge in [0.05, 0.1) is 0 Å². The Morgan fingerprint density at radius 3 is 2.28 bits per heavy atom. The number of benzene rings is 2. The van der Waals surface area contributed by atoms with Crippen molar-refractivity contribution in [3.63, 3.8) is 0 Å². The summed E-state index contributed by atoms with van der Waals surface area (Å²) in [5, 5.41) is 34.1. The van der Waals surface area contributed by atoms with Crippen LogP contribution in [0.25, 0.3) is 11.1 Å². The highest BCUT2D eigenvalue weighted by atomic mass is 16.5. The number of ether oxygens (including phenoxy) is 1. The van der Waals surface area contributed by atoms with Gasteiger partial charge < -0.3 is 30.3 Å². The maximum absolute atomic E-state index is 13.4. The van der Waals surface area contributed by atoms with Crippen LogP contribution in [0.2, 0.25) is 0 Å². The summed E-state index contributed by atoms with van der Waals surface area (Å²) in [6.45, 7) is 6.78. The molecule has 1 fully saturated rings. The van der Waals surface area contributed by atoms with E-state index in [1.54, 1.807) is 11.0 Å². The van der Waals surface area contributed by atoms with Crippen molar-refractivity contribution in [2.45, 2.75) is 77.0 Å². The van der Waals surface area contributed by atoms with Crippen LogP contribution in [0, 0.1) is 5.41 Å². The van der Waals surface area contributed by atoms with Crippen molar-refractivity contribution in [1.29, 1.82) is 0 Å². The minimum absolute atomic E-state index is 0.203. The van der Waals surface area contributed by atoms with Gasteiger partial charge in [0.25, 0.3) is 5.91 Å². The maximum Gasteiger partial charge on any atom is 0.252 e. The number of amides is 2. The molecule has 0 aromatic heterocycles. The lowest BCUT2D eigenvalue weighted by Crippen LogP contribution is -2.55. The number of allylic oxidation sites excluding steroid dienone is 1. The zero-order valence-corrected chi connectivity index (χ0v) is 23.3. The lowest BCUT2D eigenvalue weighted by Gasteiger charge is -2.29. The van der Waals surface area contributed by atoms with Gasteiger partial charge in [-0.3, -0.25) is 9.59 Å². The van der Waals surface area contributed by atoms with Gasteiger partial charge in [-0.1, -0.05) is 87.5 Å². The quantitative estimate of drug-likeness (QED) is 0.345. The summed E-state index contributed by atoms with van der Waals surface area (Å²) in [7, 11) is 1.23. The molecule has 1 aliphatic rings. The summed E-state index contributed by atoms with van der Waals surface area (Å²) in [6.07, 6.45) is -1.10. The fourth-order valence-electron chi connectivity index (χ4n) is 4.59. The molecule has 212 valence electrons. The molecule has 2 amide bonds. The number of likely N-dealkylation sites (tertiary alicyclic amines) is 1. The summed E-state index contributed by atoms with van der Waals surface area (Å²) >= 11 is 0. The Hall–Kier alpha value is -3.04. The summed E-state index contributed by atoms with van der Waals surface area (Å²) in [6, 6.07) is 17.4. The zero-order chi connectivity index (χ0) is 28.6. The smallest absolute Gasteiger partial charge is 0.252 e. The van der Waals surface area contributed by atoms with Gasteiger partial charge in [0, 0.05) is 20.2 Å². The number of carbonyl (C=O) groups excluding carboxylic acids is 2. The molecule has 1 unspecified atom stereocenters. The van der Waals surface area contributed by atoms with E-state index in [1.807, 2.05) is 75.4 Å². The number of methoxy groups -OCH3 is 1. The zero-order valence-electron chi connectivity index (χ0n) is 23.3. The van der Waals surface area contributed by atoms with Gasteiger partial charge >= 0.3 is 0 Å². The first-order chi connectivity index (χ1) is 18.5. The second kappa shape index (κ2) is 13.8. The van der Waals surface area contributed by atoms with Gasteiger partial charge in [0.2, 0.25) is 5.91 Å². The summed E-state index contributed by atoms with van der Waals surface area (Å²) < 4.78 is 5.19. The first-order valence-corrected chi connectivity index (χ1v) is 13.5. The van der Waals surface area contributed by atoms with E-state index in [1.165, 1.54) is 13.2 Å². The third-order valence-electron chi connectivity index (χ3n) is 6.85. The first kappa shape index (κ1) is 30.5. The number of aliphatic hydroxyl groups is 3. The molecule has 2 aromatic carbocycles. The van der Waals surface area contributed by atoms with Crippen molar-refractivity contribution >= 4 is 11.8 Å². The minimum Gasteiger partial charge on any atom is -0.387 e. The molecule has 0 aliphatic carbocycles. The molecule has 2 aromatic rings. The summed E-state index contributed by atoms with van der Waals surface area (Å²) in [5.74, 6) is -0.922. The molecule has 1 aliphatic heterocycles. The van der Waals surface area contributed by atoms with Crippen LogP contribution in [0.1, 0.15) is 45.6 Å². The maximum atomic E-state index is 13.4. The topological polar surface area (TPSA) is 119 Å². The molecule has 0 radical (unpaired) electrons. The number of nitrogens with one attached hydrogen (secondary N) is 1. The fraction of sp³-hybridized carbons (Fsp3) is 0.484. The van der Waals surface area contributed by atoms with E-state index >= 15 is 0 Å². The van der Waals surface area contributed by atoms with Crippen LogP contribution in [0.15, 0.2) is 66.7 Å². The summed E-state index contributed by atoms with van der Waals surface area (Å²) in [4.78, 5) is 28.2. The molecule has 39 heavy (non-hydrogen) atoms. The van der Waals surface area contributed by atoms with Crippen molar-refractivity contribution in [2.24, 2.45) is 5.41 Å². The van der Waals surface area contributed by atoms with E-state index in [0.717, 1.165) is 29.5 Å². The van der Waals surface area contributed by atoms with Crippen LogP contribution in [-0.2, 0) is 20.9 Å². The number of aliphatic hydroxyl groups excluding tert-OH is 3. The molecule has 5 atom stereocenters. The third-order valence-corrected chi connectivity index (χ3v) is 6.85. The van der Waals surface area contributed by atoms with Gasteiger partial charge in [-0.15, -0.1) is 0 Å². The van der Waals surface area contributed by atoms with Gasteiger partial charge in [-0.25, -0.2) is 0 Å². The Kier molecular flexibility index (Phi) is 10.8. The number of hydrogen-bond acceptors (Lipinski definition) is 6. The monoisotopic (exact) mass is 538 g/mol. The van der Waals surface area contributed by atoms with Crippen molar-refractivity contribution in [2.75, 3.05) is 13.7 Å². The predicted octanol–water partition coefficient (Wildman–Crippen LogP) is 3.05. The van der Waals surface area contributed by atoms with Gasteiger partial charge in [0.1, 0.15) is 24.4 Å². The molecular formula is C31H42N2O6. The number of rotatable bonds is 10. The van der Waals surface area contributed by atoms with Crippen molar-refractivity contribution in [3.05, 3.63) is 72.3 Å². The van der Waals surface area contributed by atoms with Crippen molar-refractivity contribution in [1.82, 2.24) is 10.2 Å². The Bertz CT molecular complexity index is 1100. The molecule has 0 bridgehead atoms. The molecular weight excluding hydrogens is 496 g/mol. The molecule has 4 N–H and O–H groups in total. The standard InChI is InChI=1S/C31H42N2O6/c1-31(2,3)18-17-25(34)26(35)27(36)28(39-4)29(37)32-24-12-8-9-19-33(30(24)38)20-21-13-15-23(16-14-21)22-10-6-5-7-11-22/h5-7,10-11,13-18,24-28,34-36H,8-9,12,19-20H2,1-4H3,(H,32,37)/b18-17+/t24?,25-,26+,27-,28-/m1/s1. The van der Waals surface area contributed by atoms with Crippen LogP contribution in [0.4, 0.5) is 0 Å². The van der Waals surface area contributed by atoms with Crippen molar-refractivity contribution in [3.8, 4) is 11.1 Å². The number of carbonyl (C=O) groups is 2. The average molecular weight is 539 g/mol. The Morgan fingerprint density at radius 1 is 1.03 bits per heavy atom. The number of nitrogens with zero attached hydrogens (tertiary/aromatic N) is 1. The van der Waals surface area contributed by atoms with E-state index in [-0.39, 0.29) is 11.3 Å². The molecule has 3 rings (SSSR count). The van der Waals surface area contributed by atoms with Crippen LogP contribution in [0.5, 0.6) is 0 Å². The Labute approximate surface area is 231 Å². The van der Waals surface area contributed by atoms with Gasteiger partial charge in [-0.05, 0) is 41.4 Å². The van der Waals surface area contributed by atoms with Crippen LogP contribution in [-0.4, -0.2) is 76.1 Å².